The summed E-state index contributed by atoms with van der Waals surface area (Å²) in [5, 5.41) is 9.48. The number of nitrogens with one attached hydrogen (secondary N) is 2. The van der Waals surface area contributed by atoms with E-state index in [1.54, 1.807) is 6.07 Å². The van der Waals surface area contributed by atoms with E-state index in [1.165, 1.54) is 11.3 Å². The molecular formula is C22H29N5O2S. The molecule has 7 nitrogen and oxygen atoms in total. The van der Waals surface area contributed by atoms with E-state index >= 15 is 0 Å². The van der Waals surface area contributed by atoms with E-state index in [2.05, 4.69) is 38.9 Å². The van der Waals surface area contributed by atoms with Gasteiger partial charge in [-0.25, -0.2) is 4.98 Å². The first-order valence-corrected chi connectivity index (χ1v) is 11.3. The van der Waals surface area contributed by atoms with Crippen LogP contribution in [0.25, 0.3) is 11.0 Å². The number of rotatable bonds is 11. The van der Waals surface area contributed by atoms with Gasteiger partial charge in [0.2, 0.25) is 11.9 Å². The third-order valence-electron chi connectivity index (χ3n) is 5.09. The molecule has 0 atom stereocenters. The molecule has 160 valence electrons. The van der Waals surface area contributed by atoms with Gasteiger partial charge in [-0.2, -0.15) is 11.3 Å². The molecule has 3 aromatic rings. The summed E-state index contributed by atoms with van der Waals surface area (Å²) in [7, 11) is 0. The predicted octanol–water partition coefficient (Wildman–Crippen LogP) is 3.59. The van der Waals surface area contributed by atoms with E-state index in [0.29, 0.717) is 30.9 Å². The van der Waals surface area contributed by atoms with E-state index in [1.807, 2.05) is 35.0 Å². The first-order chi connectivity index (χ1) is 14.6. The van der Waals surface area contributed by atoms with Crippen molar-refractivity contribution in [3.05, 3.63) is 46.7 Å². The van der Waals surface area contributed by atoms with Crippen molar-refractivity contribution in [3.8, 4) is 0 Å². The highest BCUT2D eigenvalue weighted by Gasteiger charge is 2.14. The number of amides is 2. The van der Waals surface area contributed by atoms with Crippen LogP contribution in [0.3, 0.4) is 0 Å². The number of thiophene rings is 1. The van der Waals surface area contributed by atoms with Gasteiger partial charge in [0, 0.05) is 37.0 Å². The van der Waals surface area contributed by atoms with Crippen molar-refractivity contribution in [2.75, 3.05) is 31.5 Å². The maximum absolute atomic E-state index is 12.5. The Balaban J connectivity index is 1.56. The molecule has 0 aliphatic heterocycles. The number of aromatic nitrogens is 2. The number of hydrogen-bond acceptors (Lipinski definition) is 5. The summed E-state index contributed by atoms with van der Waals surface area (Å²) < 4.78 is 2.07. The molecule has 2 amide bonds. The largest absolute Gasteiger partial charge is 0.352 e. The van der Waals surface area contributed by atoms with Gasteiger partial charge in [0.1, 0.15) is 0 Å². The molecule has 8 heteroatoms. The van der Waals surface area contributed by atoms with Gasteiger partial charge in [0.05, 0.1) is 11.0 Å². The molecule has 2 N–H and O–H groups in total. The normalized spacial score (nSPS) is 11.2. The number of carbonyl (C=O) groups is 2. The fraction of sp³-hybridized carbons (Fsp3) is 0.409. The molecular weight excluding hydrogens is 398 g/mol. The minimum atomic E-state index is -0.102. The number of nitrogens with zero attached hydrogens (tertiary/aromatic N) is 3. The summed E-state index contributed by atoms with van der Waals surface area (Å²) in [6, 6.07) is 9.71. The number of anilines is 1. The lowest BCUT2D eigenvalue weighted by Gasteiger charge is -2.19. The molecule has 30 heavy (non-hydrogen) atoms. The first kappa shape index (κ1) is 22.0. The van der Waals surface area contributed by atoms with E-state index in [0.717, 1.165) is 37.2 Å². The number of hydrogen-bond donors (Lipinski definition) is 2. The van der Waals surface area contributed by atoms with E-state index < -0.39 is 0 Å². The van der Waals surface area contributed by atoms with Crippen LogP contribution in [0.2, 0.25) is 0 Å². The molecule has 0 saturated heterocycles. The molecule has 0 radical (unpaired) electrons. The van der Waals surface area contributed by atoms with Crippen molar-refractivity contribution in [2.45, 2.75) is 33.2 Å². The van der Waals surface area contributed by atoms with Crippen LogP contribution in [0.1, 0.15) is 37.0 Å². The zero-order valence-corrected chi connectivity index (χ0v) is 18.4. The molecule has 0 bridgehead atoms. The SMILES string of the molecule is CCN(CC)CCn1c(NC(=O)CCCNC(=O)c2ccsc2)nc2ccccc21. The lowest BCUT2D eigenvalue weighted by molar-refractivity contribution is -0.116. The van der Waals surface area contributed by atoms with Crippen LogP contribution in [0, 0.1) is 0 Å². The van der Waals surface area contributed by atoms with Crippen molar-refractivity contribution in [1.82, 2.24) is 19.8 Å². The van der Waals surface area contributed by atoms with Crippen LogP contribution < -0.4 is 10.6 Å². The van der Waals surface area contributed by atoms with Gasteiger partial charge >= 0.3 is 0 Å². The van der Waals surface area contributed by atoms with Crippen molar-refractivity contribution in [2.24, 2.45) is 0 Å². The third kappa shape index (κ3) is 5.67. The average molecular weight is 428 g/mol. The van der Waals surface area contributed by atoms with Crippen LogP contribution in [0.4, 0.5) is 5.95 Å². The molecule has 0 spiro atoms. The van der Waals surface area contributed by atoms with Crippen LogP contribution in [0.15, 0.2) is 41.1 Å². The number of imidazole rings is 1. The lowest BCUT2D eigenvalue weighted by Crippen LogP contribution is -2.28. The second kappa shape index (κ2) is 10.9. The second-order valence-corrected chi connectivity index (χ2v) is 7.80. The van der Waals surface area contributed by atoms with Crippen molar-refractivity contribution >= 4 is 40.1 Å². The number of carbonyl (C=O) groups excluding carboxylic acids is 2. The summed E-state index contributed by atoms with van der Waals surface area (Å²) in [6.07, 6.45) is 0.893. The second-order valence-electron chi connectivity index (χ2n) is 7.02. The van der Waals surface area contributed by atoms with Gasteiger partial charge in [-0.1, -0.05) is 26.0 Å². The topological polar surface area (TPSA) is 79.3 Å². The summed E-state index contributed by atoms with van der Waals surface area (Å²) >= 11 is 1.49. The fourth-order valence-electron chi connectivity index (χ4n) is 3.31. The fourth-order valence-corrected chi connectivity index (χ4v) is 3.95. The van der Waals surface area contributed by atoms with Crippen LogP contribution in [-0.4, -0.2) is 52.4 Å². The smallest absolute Gasteiger partial charge is 0.252 e. The van der Waals surface area contributed by atoms with Crippen molar-refractivity contribution < 1.29 is 9.59 Å². The van der Waals surface area contributed by atoms with Crippen molar-refractivity contribution in [3.63, 3.8) is 0 Å². The van der Waals surface area contributed by atoms with Gasteiger partial charge in [0.15, 0.2) is 0 Å². The lowest BCUT2D eigenvalue weighted by atomic mass is 10.2. The van der Waals surface area contributed by atoms with E-state index in [4.69, 9.17) is 0 Å². The molecule has 3 rings (SSSR count). The van der Waals surface area contributed by atoms with Crippen LogP contribution in [-0.2, 0) is 11.3 Å². The molecule has 0 aliphatic rings. The maximum Gasteiger partial charge on any atom is 0.252 e. The number of fused-ring (bicyclic) bond motifs is 1. The van der Waals surface area contributed by atoms with Gasteiger partial charge in [0.25, 0.3) is 5.91 Å². The minimum absolute atomic E-state index is 0.0980. The Morgan fingerprint density at radius 2 is 1.97 bits per heavy atom. The zero-order valence-electron chi connectivity index (χ0n) is 17.6. The number of benzene rings is 1. The van der Waals surface area contributed by atoms with Gasteiger partial charge in [-0.05, 0) is 43.1 Å². The van der Waals surface area contributed by atoms with Gasteiger partial charge < -0.3 is 14.8 Å². The van der Waals surface area contributed by atoms with E-state index in [-0.39, 0.29) is 11.8 Å². The van der Waals surface area contributed by atoms with Crippen LogP contribution >= 0.6 is 11.3 Å². The Morgan fingerprint density at radius 1 is 1.17 bits per heavy atom. The van der Waals surface area contributed by atoms with Crippen LogP contribution in [0.5, 0.6) is 0 Å². The summed E-state index contributed by atoms with van der Waals surface area (Å²) in [5.74, 6) is 0.379. The summed E-state index contributed by atoms with van der Waals surface area (Å²) in [5.41, 5.74) is 2.55. The average Bonchev–Trinajstić information content (AvgIpc) is 3.40. The maximum atomic E-state index is 12.5. The zero-order chi connectivity index (χ0) is 21.3. The standard InChI is InChI=1S/C22H29N5O2S/c1-3-26(4-2)13-14-27-19-9-6-5-8-18(19)24-22(27)25-20(28)10-7-12-23-21(29)17-11-15-30-16-17/h5-6,8-9,11,15-16H,3-4,7,10,12-14H2,1-2H3,(H,23,29)(H,24,25,28). The molecule has 0 fully saturated rings. The molecule has 2 aromatic heterocycles. The molecule has 0 aliphatic carbocycles. The Hall–Kier alpha value is -2.71. The highest BCUT2D eigenvalue weighted by molar-refractivity contribution is 7.08. The van der Waals surface area contributed by atoms with Gasteiger partial charge in [-0.3, -0.25) is 14.9 Å². The van der Waals surface area contributed by atoms with Gasteiger partial charge in [-0.15, -0.1) is 0 Å². The summed E-state index contributed by atoms with van der Waals surface area (Å²) in [4.78, 5) is 31.4. The minimum Gasteiger partial charge on any atom is -0.352 e. The highest BCUT2D eigenvalue weighted by atomic mass is 32.1. The summed E-state index contributed by atoms with van der Waals surface area (Å²) in [6.45, 7) is 8.38. The Labute approximate surface area is 181 Å². The Kier molecular flexibility index (Phi) is 7.98. The van der Waals surface area contributed by atoms with Crippen molar-refractivity contribution in [1.29, 1.82) is 0 Å². The Bertz CT molecular complexity index is 963. The first-order valence-electron chi connectivity index (χ1n) is 10.4. The number of likely N-dealkylation sites (N-methyl/N-ethyl adjacent to an activating group) is 1. The Morgan fingerprint density at radius 3 is 2.70 bits per heavy atom. The monoisotopic (exact) mass is 427 g/mol. The molecule has 0 unspecified atom stereocenters. The quantitative estimate of drug-likeness (QED) is 0.459. The third-order valence-corrected chi connectivity index (χ3v) is 5.77. The highest BCUT2D eigenvalue weighted by Crippen LogP contribution is 2.20. The molecule has 0 saturated carbocycles. The van der Waals surface area contributed by atoms with E-state index in [9.17, 15) is 9.59 Å². The number of para-hydroxylation sites is 2. The molecule has 2 heterocycles. The predicted molar refractivity (Wildman–Crippen MR) is 122 cm³/mol. The molecule has 1 aromatic carbocycles.